The van der Waals surface area contributed by atoms with Crippen LogP contribution in [-0.4, -0.2) is 40.3 Å². The van der Waals surface area contributed by atoms with Gasteiger partial charge in [0.15, 0.2) is 6.61 Å². The number of aryl methyl sites for hydroxylation is 1. The third-order valence-corrected chi connectivity index (χ3v) is 5.45. The molecule has 1 aliphatic heterocycles. The van der Waals surface area contributed by atoms with Crippen LogP contribution in [0.15, 0.2) is 40.9 Å². The van der Waals surface area contributed by atoms with E-state index in [2.05, 4.69) is 20.5 Å². The van der Waals surface area contributed by atoms with E-state index in [1.807, 2.05) is 12.1 Å². The number of amides is 1. The average molecular weight is 463 g/mol. The molecule has 162 valence electrons. The molecular formula is C21H20Cl2N4O4. The molecular weight excluding hydrogens is 443 g/mol. The Morgan fingerprint density at radius 1 is 1.23 bits per heavy atom. The first-order valence-corrected chi connectivity index (χ1v) is 10.5. The molecule has 0 aliphatic carbocycles. The van der Waals surface area contributed by atoms with Crippen LogP contribution >= 0.6 is 23.2 Å². The highest BCUT2D eigenvalue weighted by molar-refractivity contribution is 6.31. The van der Waals surface area contributed by atoms with E-state index in [0.717, 1.165) is 5.56 Å². The summed E-state index contributed by atoms with van der Waals surface area (Å²) in [4.78, 5) is 16.3. The number of nitrogens with zero attached hydrogens (tertiary/aromatic N) is 3. The molecule has 1 amide bonds. The maximum atomic E-state index is 12.2. The van der Waals surface area contributed by atoms with Crippen molar-refractivity contribution in [1.29, 1.82) is 0 Å². The van der Waals surface area contributed by atoms with Gasteiger partial charge in [-0.15, -0.1) is 10.2 Å². The number of halogens is 2. The molecule has 8 nitrogen and oxygen atoms in total. The van der Waals surface area contributed by atoms with E-state index < -0.39 is 0 Å². The lowest BCUT2D eigenvalue weighted by Gasteiger charge is -2.27. The fourth-order valence-electron chi connectivity index (χ4n) is 3.12. The monoisotopic (exact) mass is 462 g/mol. The Balaban J connectivity index is 1.24. The first-order valence-electron chi connectivity index (χ1n) is 9.73. The lowest BCUT2D eigenvalue weighted by Crippen LogP contribution is -2.43. The van der Waals surface area contributed by atoms with Crippen molar-refractivity contribution in [3.63, 3.8) is 0 Å². The molecule has 31 heavy (non-hydrogen) atoms. The number of benzene rings is 1. The molecule has 4 rings (SSSR count). The summed E-state index contributed by atoms with van der Waals surface area (Å²) in [6, 6.07) is 8.67. The predicted molar refractivity (Wildman–Crippen MR) is 114 cm³/mol. The van der Waals surface area contributed by atoms with Gasteiger partial charge in [-0.2, -0.15) is 0 Å². The second-order valence-electron chi connectivity index (χ2n) is 7.14. The molecule has 0 radical (unpaired) electrons. The van der Waals surface area contributed by atoms with Gasteiger partial charge in [-0.3, -0.25) is 9.78 Å². The molecule has 1 fully saturated rings. The predicted octanol–water partition coefficient (Wildman–Crippen LogP) is 4.16. The van der Waals surface area contributed by atoms with Crippen molar-refractivity contribution in [1.82, 2.24) is 20.5 Å². The Labute approximate surface area is 188 Å². The van der Waals surface area contributed by atoms with Gasteiger partial charge in [-0.1, -0.05) is 23.2 Å². The summed E-state index contributed by atoms with van der Waals surface area (Å²) in [6.45, 7) is 2.00. The van der Waals surface area contributed by atoms with Crippen LogP contribution in [0.3, 0.4) is 0 Å². The zero-order valence-corrected chi connectivity index (χ0v) is 18.2. The molecule has 1 aromatic carbocycles. The van der Waals surface area contributed by atoms with Crippen molar-refractivity contribution in [2.24, 2.45) is 0 Å². The zero-order chi connectivity index (χ0) is 21.8. The minimum absolute atomic E-state index is 0.120. The number of pyridine rings is 1. The summed E-state index contributed by atoms with van der Waals surface area (Å²) in [5.41, 5.74) is 1.49. The van der Waals surface area contributed by atoms with E-state index in [-0.39, 0.29) is 24.7 Å². The number of hydrogen-bond donors (Lipinski definition) is 1. The van der Waals surface area contributed by atoms with Crippen LogP contribution in [0, 0.1) is 6.92 Å². The lowest BCUT2D eigenvalue weighted by molar-refractivity contribution is -0.125. The van der Waals surface area contributed by atoms with Gasteiger partial charge in [0, 0.05) is 16.7 Å². The number of hydrogen-bond acceptors (Lipinski definition) is 7. The van der Waals surface area contributed by atoms with Crippen molar-refractivity contribution in [2.45, 2.75) is 31.9 Å². The smallest absolute Gasteiger partial charge is 0.258 e. The maximum Gasteiger partial charge on any atom is 0.258 e. The molecule has 0 bridgehead atoms. The van der Waals surface area contributed by atoms with Gasteiger partial charge in [-0.05, 0) is 44.0 Å². The minimum atomic E-state index is -0.307. The van der Waals surface area contributed by atoms with Gasteiger partial charge in [0.2, 0.25) is 11.8 Å². The minimum Gasteiger partial charge on any atom is -0.482 e. The number of rotatable bonds is 6. The van der Waals surface area contributed by atoms with Gasteiger partial charge in [0.1, 0.15) is 11.9 Å². The SMILES string of the molecule is Cc1ncc(OCC(=O)N[C@H]2CC[C@@H](c3nnc(-c4ccc(Cl)cc4)o3)OC2)cc1Cl. The topological polar surface area (TPSA) is 99.4 Å². The largest absolute Gasteiger partial charge is 0.482 e. The Morgan fingerprint density at radius 3 is 2.74 bits per heavy atom. The molecule has 0 saturated carbocycles. The molecule has 1 saturated heterocycles. The van der Waals surface area contributed by atoms with Crippen molar-refractivity contribution >= 4 is 29.1 Å². The molecule has 3 aromatic rings. The van der Waals surface area contributed by atoms with E-state index in [0.29, 0.717) is 52.7 Å². The van der Waals surface area contributed by atoms with Crippen molar-refractivity contribution in [3.8, 4) is 17.2 Å². The number of nitrogens with one attached hydrogen (secondary N) is 1. The normalized spacial score (nSPS) is 18.5. The van der Waals surface area contributed by atoms with E-state index in [4.69, 9.17) is 37.1 Å². The van der Waals surface area contributed by atoms with Crippen LogP contribution in [0.25, 0.3) is 11.5 Å². The van der Waals surface area contributed by atoms with Crippen LogP contribution in [0.1, 0.15) is 30.5 Å². The van der Waals surface area contributed by atoms with E-state index in [1.165, 1.54) is 6.20 Å². The summed E-state index contributed by atoms with van der Waals surface area (Å²) >= 11 is 11.9. The van der Waals surface area contributed by atoms with E-state index >= 15 is 0 Å². The highest BCUT2D eigenvalue weighted by atomic mass is 35.5. The van der Waals surface area contributed by atoms with Gasteiger partial charge >= 0.3 is 0 Å². The highest BCUT2D eigenvalue weighted by Gasteiger charge is 2.28. The van der Waals surface area contributed by atoms with Crippen LogP contribution < -0.4 is 10.1 Å². The Hall–Kier alpha value is -2.68. The lowest BCUT2D eigenvalue weighted by atomic mass is 10.0. The van der Waals surface area contributed by atoms with Crippen LogP contribution in [-0.2, 0) is 9.53 Å². The summed E-state index contributed by atoms with van der Waals surface area (Å²) in [5.74, 6) is 1.03. The van der Waals surface area contributed by atoms with Crippen LogP contribution in [0.2, 0.25) is 10.0 Å². The summed E-state index contributed by atoms with van der Waals surface area (Å²) in [6.07, 6.45) is 2.59. The van der Waals surface area contributed by atoms with Gasteiger partial charge in [0.05, 0.1) is 29.6 Å². The molecule has 0 unspecified atom stereocenters. The summed E-state index contributed by atoms with van der Waals surface area (Å²) in [5, 5.41) is 12.2. The van der Waals surface area contributed by atoms with E-state index in [9.17, 15) is 4.79 Å². The Morgan fingerprint density at radius 2 is 2.03 bits per heavy atom. The maximum absolute atomic E-state index is 12.2. The quantitative estimate of drug-likeness (QED) is 0.586. The Bertz CT molecular complexity index is 1050. The molecule has 2 aromatic heterocycles. The third-order valence-electron chi connectivity index (χ3n) is 4.82. The zero-order valence-electron chi connectivity index (χ0n) is 16.7. The molecule has 2 atom stereocenters. The number of carbonyl (C=O) groups excluding carboxylic acids is 1. The standard InChI is InChI=1S/C21H20Cl2N4O4/c1-12-17(23)8-16(9-24-12)29-11-19(28)25-15-6-7-18(30-10-15)21-27-26-20(31-21)13-2-4-14(22)5-3-13/h2-5,8-9,15,18H,6-7,10-11H2,1H3,(H,25,28)/t15-,18-/m0/s1. The highest BCUT2D eigenvalue weighted by Crippen LogP contribution is 2.29. The molecule has 3 heterocycles. The molecule has 1 N–H and O–H groups in total. The van der Waals surface area contributed by atoms with Crippen molar-refractivity contribution < 1.29 is 18.7 Å². The van der Waals surface area contributed by atoms with E-state index in [1.54, 1.807) is 25.1 Å². The fraction of sp³-hybridized carbons (Fsp3) is 0.333. The van der Waals surface area contributed by atoms with Gasteiger partial charge in [0.25, 0.3) is 5.91 Å². The molecule has 0 spiro atoms. The second-order valence-corrected chi connectivity index (χ2v) is 7.99. The van der Waals surface area contributed by atoms with Crippen molar-refractivity contribution in [3.05, 3.63) is 58.2 Å². The Kier molecular flexibility index (Phi) is 6.70. The third kappa shape index (κ3) is 5.52. The first kappa shape index (κ1) is 21.5. The average Bonchev–Trinajstić information content (AvgIpc) is 3.26. The van der Waals surface area contributed by atoms with Crippen LogP contribution in [0.4, 0.5) is 0 Å². The fourth-order valence-corrected chi connectivity index (χ4v) is 3.40. The molecule has 10 heteroatoms. The number of carbonyl (C=O) groups is 1. The van der Waals surface area contributed by atoms with Gasteiger partial charge in [-0.25, -0.2) is 0 Å². The number of ether oxygens (including phenoxy) is 2. The molecule has 1 aliphatic rings. The summed E-state index contributed by atoms with van der Waals surface area (Å²) < 4.78 is 17.0. The first-order chi connectivity index (χ1) is 15.0. The van der Waals surface area contributed by atoms with Gasteiger partial charge < -0.3 is 19.2 Å². The number of aromatic nitrogens is 3. The summed E-state index contributed by atoms with van der Waals surface area (Å²) in [7, 11) is 0. The van der Waals surface area contributed by atoms with Crippen molar-refractivity contribution in [2.75, 3.05) is 13.2 Å². The second kappa shape index (κ2) is 9.64. The van der Waals surface area contributed by atoms with Crippen LogP contribution in [0.5, 0.6) is 5.75 Å².